The average Bonchev–Trinajstić information content (AvgIpc) is 2.37. The molecule has 0 spiro atoms. The van der Waals surface area contributed by atoms with Crippen molar-refractivity contribution in [2.75, 3.05) is 7.11 Å². The third-order valence-corrected chi connectivity index (χ3v) is 3.80. The largest absolute Gasteiger partial charge is 0.467 e. The minimum absolute atomic E-state index is 0.0628. The van der Waals surface area contributed by atoms with E-state index in [9.17, 15) is 9.59 Å². The van der Waals surface area contributed by atoms with Gasteiger partial charge in [0.15, 0.2) is 0 Å². The molecule has 1 aromatic carbocycles. The summed E-state index contributed by atoms with van der Waals surface area (Å²) >= 11 is 9.11. The Morgan fingerprint density at radius 1 is 1.37 bits per heavy atom. The number of hydrogen-bond acceptors (Lipinski definition) is 3. The molecule has 1 rings (SSSR count). The Bertz CT molecular complexity index is 491. The summed E-state index contributed by atoms with van der Waals surface area (Å²) in [4.78, 5) is 23.6. The molecule has 0 aromatic heterocycles. The molecule has 0 fully saturated rings. The Balaban J connectivity index is 2.87. The lowest BCUT2D eigenvalue weighted by Gasteiger charge is -2.19. The number of hydrogen-bond donors (Lipinski definition) is 1. The lowest BCUT2D eigenvalue weighted by Crippen LogP contribution is -2.45. The number of rotatable bonds is 4. The Morgan fingerprint density at radius 2 is 2.00 bits per heavy atom. The van der Waals surface area contributed by atoms with Crippen molar-refractivity contribution in [1.29, 1.82) is 0 Å². The predicted octanol–water partition coefficient (Wildman–Crippen LogP) is 3.03. The fourth-order valence-electron chi connectivity index (χ4n) is 1.49. The van der Waals surface area contributed by atoms with Gasteiger partial charge in [0, 0.05) is 10.0 Å². The molecule has 19 heavy (non-hydrogen) atoms. The maximum absolute atomic E-state index is 12.1. The van der Waals surface area contributed by atoms with E-state index in [1.807, 2.05) is 13.8 Å². The number of benzene rings is 1. The monoisotopic (exact) mass is 347 g/mol. The Labute approximate surface area is 125 Å². The van der Waals surface area contributed by atoms with E-state index in [1.54, 1.807) is 18.2 Å². The van der Waals surface area contributed by atoms with Crippen molar-refractivity contribution in [3.8, 4) is 0 Å². The van der Waals surface area contributed by atoms with Gasteiger partial charge in [-0.25, -0.2) is 4.79 Å². The summed E-state index contributed by atoms with van der Waals surface area (Å²) < 4.78 is 5.30. The van der Waals surface area contributed by atoms with Crippen molar-refractivity contribution in [2.45, 2.75) is 19.9 Å². The molecule has 1 amide bonds. The number of esters is 1. The van der Waals surface area contributed by atoms with Crippen LogP contribution in [0, 0.1) is 5.92 Å². The molecule has 0 aliphatic rings. The van der Waals surface area contributed by atoms with Crippen LogP contribution in [-0.2, 0) is 9.53 Å². The maximum Gasteiger partial charge on any atom is 0.328 e. The molecule has 0 heterocycles. The van der Waals surface area contributed by atoms with E-state index in [2.05, 4.69) is 26.0 Å². The Morgan fingerprint density at radius 3 is 2.47 bits per heavy atom. The molecule has 0 radical (unpaired) electrons. The van der Waals surface area contributed by atoms with Crippen LogP contribution in [0.25, 0.3) is 0 Å². The molecule has 1 N–H and O–H groups in total. The SMILES string of the molecule is COC(=O)C(NC(=O)c1ccc(Cl)c(Br)c1)C(C)C. The van der Waals surface area contributed by atoms with E-state index < -0.39 is 12.0 Å². The van der Waals surface area contributed by atoms with Gasteiger partial charge in [0.2, 0.25) is 0 Å². The van der Waals surface area contributed by atoms with Crippen LogP contribution in [0.15, 0.2) is 22.7 Å². The van der Waals surface area contributed by atoms with Gasteiger partial charge >= 0.3 is 5.97 Å². The average molecular weight is 349 g/mol. The van der Waals surface area contributed by atoms with Gasteiger partial charge in [0.25, 0.3) is 5.91 Å². The first-order valence-electron chi connectivity index (χ1n) is 5.70. The fraction of sp³-hybridized carbons (Fsp3) is 0.385. The molecule has 0 aliphatic heterocycles. The minimum atomic E-state index is -0.674. The second kappa shape index (κ2) is 6.91. The molecular weight excluding hydrogens is 334 g/mol. The zero-order valence-electron chi connectivity index (χ0n) is 10.9. The summed E-state index contributed by atoms with van der Waals surface area (Å²) in [7, 11) is 1.29. The van der Waals surface area contributed by atoms with E-state index in [-0.39, 0.29) is 11.8 Å². The van der Waals surface area contributed by atoms with E-state index in [0.717, 1.165) is 0 Å². The topological polar surface area (TPSA) is 55.4 Å². The van der Waals surface area contributed by atoms with Crippen LogP contribution in [0.1, 0.15) is 24.2 Å². The van der Waals surface area contributed by atoms with Crippen molar-refractivity contribution in [3.05, 3.63) is 33.3 Å². The molecule has 4 nitrogen and oxygen atoms in total. The van der Waals surface area contributed by atoms with Gasteiger partial charge in [-0.3, -0.25) is 4.79 Å². The van der Waals surface area contributed by atoms with Crippen LogP contribution in [-0.4, -0.2) is 25.0 Å². The molecular formula is C13H15BrClNO3. The molecule has 1 atom stereocenters. The molecule has 0 saturated heterocycles. The van der Waals surface area contributed by atoms with Gasteiger partial charge in [-0.05, 0) is 40.0 Å². The second-order valence-electron chi connectivity index (χ2n) is 4.35. The van der Waals surface area contributed by atoms with Crippen molar-refractivity contribution >= 4 is 39.4 Å². The van der Waals surface area contributed by atoms with Crippen LogP contribution in [0.5, 0.6) is 0 Å². The summed E-state index contributed by atoms with van der Waals surface area (Å²) in [5.74, 6) is -0.870. The molecule has 1 unspecified atom stereocenters. The quantitative estimate of drug-likeness (QED) is 0.851. The highest BCUT2D eigenvalue weighted by Gasteiger charge is 2.25. The maximum atomic E-state index is 12.1. The number of methoxy groups -OCH3 is 1. The van der Waals surface area contributed by atoms with E-state index >= 15 is 0 Å². The molecule has 6 heteroatoms. The number of carbonyl (C=O) groups excluding carboxylic acids is 2. The van der Waals surface area contributed by atoms with Crippen molar-refractivity contribution in [2.24, 2.45) is 5.92 Å². The van der Waals surface area contributed by atoms with Crippen LogP contribution >= 0.6 is 27.5 Å². The number of ether oxygens (including phenoxy) is 1. The predicted molar refractivity (Wildman–Crippen MR) is 77.3 cm³/mol. The van der Waals surface area contributed by atoms with Gasteiger partial charge in [-0.15, -0.1) is 0 Å². The van der Waals surface area contributed by atoms with E-state index in [1.165, 1.54) is 7.11 Å². The van der Waals surface area contributed by atoms with E-state index in [4.69, 9.17) is 11.6 Å². The Kier molecular flexibility index (Phi) is 5.82. The standard InChI is InChI=1S/C13H15BrClNO3/c1-7(2)11(13(18)19-3)16-12(17)8-4-5-10(15)9(14)6-8/h4-7,11H,1-3H3,(H,16,17). The van der Waals surface area contributed by atoms with Crippen LogP contribution in [0.2, 0.25) is 5.02 Å². The van der Waals surface area contributed by atoms with Crippen LogP contribution < -0.4 is 5.32 Å². The third-order valence-electron chi connectivity index (χ3n) is 2.59. The highest BCUT2D eigenvalue weighted by molar-refractivity contribution is 9.10. The van der Waals surface area contributed by atoms with E-state index in [0.29, 0.717) is 15.1 Å². The van der Waals surface area contributed by atoms with Gasteiger partial charge in [-0.2, -0.15) is 0 Å². The second-order valence-corrected chi connectivity index (χ2v) is 5.61. The highest BCUT2D eigenvalue weighted by atomic mass is 79.9. The zero-order valence-corrected chi connectivity index (χ0v) is 13.2. The van der Waals surface area contributed by atoms with Gasteiger partial charge in [0.05, 0.1) is 12.1 Å². The summed E-state index contributed by atoms with van der Waals surface area (Å²) in [6.07, 6.45) is 0. The number of carbonyl (C=O) groups is 2. The molecule has 1 aromatic rings. The molecule has 0 saturated carbocycles. The molecule has 0 bridgehead atoms. The summed E-state index contributed by atoms with van der Waals surface area (Å²) in [5, 5.41) is 3.17. The van der Waals surface area contributed by atoms with Crippen LogP contribution in [0.4, 0.5) is 0 Å². The first-order valence-corrected chi connectivity index (χ1v) is 6.87. The fourth-order valence-corrected chi connectivity index (χ4v) is 1.98. The smallest absolute Gasteiger partial charge is 0.328 e. The third kappa shape index (κ3) is 4.21. The first-order chi connectivity index (χ1) is 8.86. The van der Waals surface area contributed by atoms with Gasteiger partial charge < -0.3 is 10.1 Å². The first kappa shape index (κ1) is 16.0. The zero-order chi connectivity index (χ0) is 14.6. The van der Waals surface area contributed by atoms with Crippen molar-refractivity contribution in [1.82, 2.24) is 5.32 Å². The van der Waals surface area contributed by atoms with Gasteiger partial charge in [0.1, 0.15) is 6.04 Å². The number of nitrogens with one attached hydrogen (secondary N) is 1. The number of halogens is 2. The summed E-state index contributed by atoms with van der Waals surface area (Å²) in [6.45, 7) is 3.67. The lowest BCUT2D eigenvalue weighted by molar-refractivity contribution is -0.144. The van der Waals surface area contributed by atoms with Gasteiger partial charge in [-0.1, -0.05) is 25.4 Å². The van der Waals surface area contributed by atoms with Crippen LogP contribution in [0.3, 0.4) is 0 Å². The number of amides is 1. The summed E-state index contributed by atoms with van der Waals surface area (Å²) in [5.41, 5.74) is 0.422. The minimum Gasteiger partial charge on any atom is -0.467 e. The van der Waals surface area contributed by atoms with Crippen molar-refractivity contribution < 1.29 is 14.3 Å². The van der Waals surface area contributed by atoms with Crippen molar-refractivity contribution in [3.63, 3.8) is 0 Å². The molecule has 104 valence electrons. The Hall–Kier alpha value is -1.07. The normalized spacial score (nSPS) is 12.1. The lowest BCUT2D eigenvalue weighted by atomic mass is 10.0. The molecule has 0 aliphatic carbocycles. The highest BCUT2D eigenvalue weighted by Crippen LogP contribution is 2.23. The summed E-state index contributed by atoms with van der Waals surface area (Å²) in [6, 6.07) is 4.14.